The summed E-state index contributed by atoms with van der Waals surface area (Å²) >= 11 is 0. The highest BCUT2D eigenvalue weighted by Gasteiger charge is 2.17. The Morgan fingerprint density at radius 3 is 1.73 bits per heavy atom. The lowest BCUT2D eigenvalue weighted by molar-refractivity contribution is -0.139. The van der Waals surface area contributed by atoms with E-state index in [0.717, 1.165) is 25.7 Å². The third kappa shape index (κ3) is 10.0. The van der Waals surface area contributed by atoms with Crippen molar-refractivity contribution in [1.29, 1.82) is 0 Å². The van der Waals surface area contributed by atoms with Gasteiger partial charge >= 0.3 is 11.9 Å². The molecule has 0 saturated heterocycles. The smallest absolute Gasteiger partial charge is 0.334 e. The molecular weight excluding hydrogens is 328 g/mol. The quantitative estimate of drug-likeness (QED) is 0.294. The first-order valence-electron chi connectivity index (χ1n) is 9.03. The van der Waals surface area contributed by atoms with Crippen LogP contribution in [0.15, 0.2) is 46.1 Å². The molecule has 0 heterocycles. The first-order chi connectivity index (χ1) is 12.2. The van der Waals surface area contributed by atoms with Gasteiger partial charge in [0.2, 0.25) is 0 Å². The monoisotopic (exact) mass is 362 g/mol. The standard InChI is InChI=1S/C22H34O4/c1-16(2)10-8-11-17(3)12-9-13-18(4)14-15-20(22(24)26-7)19(5)21(23)25-6/h10,12,14H,8-9,11,13,15H2,1-7H3/b17-12+,18-14+,20-19-. The molecule has 4 nitrogen and oxygen atoms in total. The summed E-state index contributed by atoms with van der Waals surface area (Å²) in [6.45, 7) is 10.0. The molecule has 0 saturated carbocycles. The lowest BCUT2D eigenvalue weighted by atomic mass is 10.0. The lowest BCUT2D eigenvalue weighted by Gasteiger charge is -2.08. The number of carbonyl (C=O) groups excluding carboxylic acids is 2. The van der Waals surface area contributed by atoms with E-state index in [9.17, 15) is 9.59 Å². The number of hydrogen-bond acceptors (Lipinski definition) is 4. The molecule has 0 rings (SSSR count). The molecule has 0 aromatic rings. The molecule has 4 heteroatoms. The van der Waals surface area contributed by atoms with E-state index in [1.165, 1.54) is 30.9 Å². The maximum atomic E-state index is 11.9. The van der Waals surface area contributed by atoms with Gasteiger partial charge in [-0.3, -0.25) is 0 Å². The predicted molar refractivity (Wildman–Crippen MR) is 107 cm³/mol. The summed E-state index contributed by atoms with van der Waals surface area (Å²) in [5.74, 6) is -1.00. The normalized spacial score (nSPS) is 13.0. The summed E-state index contributed by atoms with van der Waals surface area (Å²) in [5, 5.41) is 0. The summed E-state index contributed by atoms with van der Waals surface area (Å²) in [6.07, 6.45) is 10.9. The van der Waals surface area contributed by atoms with E-state index >= 15 is 0 Å². The van der Waals surface area contributed by atoms with Crippen molar-refractivity contribution in [2.24, 2.45) is 0 Å². The van der Waals surface area contributed by atoms with Crippen LogP contribution in [0.5, 0.6) is 0 Å². The first kappa shape index (κ1) is 23.9. The number of allylic oxidation sites excluding steroid dienone is 6. The van der Waals surface area contributed by atoms with E-state index < -0.39 is 11.9 Å². The van der Waals surface area contributed by atoms with Crippen molar-refractivity contribution in [3.63, 3.8) is 0 Å². The molecule has 0 unspecified atom stereocenters. The SMILES string of the molecule is COC(=O)/C(C)=C(/C/C=C(\C)CC/C=C(\C)CCC=C(C)C)C(=O)OC. The average molecular weight is 363 g/mol. The lowest BCUT2D eigenvalue weighted by Crippen LogP contribution is -2.12. The Morgan fingerprint density at radius 1 is 0.731 bits per heavy atom. The molecule has 0 aliphatic carbocycles. The Labute approximate surface area is 158 Å². The maximum Gasteiger partial charge on any atom is 0.334 e. The van der Waals surface area contributed by atoms with Gasteiger partial charge in [-0.15, -0.1) is 0 Å². The van der Waals surface area contributed by atoms with Gasteiger partial charge in [-0.05, 0) is 66.7 Å². The van der Waals surface area contributed by atoms with Crippen LogP contribution in [0.4, 0.5) is 0 Å². The average Bonchev–Trinajstić information content (AvgIpc) is 2.60. The van der Waals surface area contributed by atoms with E-state index in [-0.39, 0.29) is 0 Å². The maximum absolute atomic E-state index is 11.9. The molecule has 0 N–H and O–H groups in total. The number of rotatable bonds is 10. The van der Waals surface area contributed by atoms with Crippen LogP contribution in [0, 0.1) is 0 Å². The van der Waals surface area contributed by atoms with E-state index in [0.29, 0.717) is 17.6 Å². The number of methoxy groups -OCH3 is 2. The summed E-state index contributed by atoms with van der Waals surface area (Å²) in [4.78, 5) is 23.6. The van der Waals surface area contributed by atoms with Crippen molar-refractivity contribution in [2.45, 2.75) is 66.7 Å². The Balaban J connectivity index is 4.76. The molecule has 0 aromatic carbocycles. The molecule has 0 aromatic heterocycles. The second-order valence-electron chi connectivity index (χ2n) is 6.75. The second-order valence-corrected chi connectivity index (χ2v) is 6.75. The molecule has 0 radical (unpaired) electrons. The molecule has 0 aliphatic heterocycles. The topological polar surface area (TPSA) is 52.6 Å². The number of ether oxygens (including phenoxy) is 2. The highest BCUT2D eigenvalue weighted by molar-refractivity contribution is 6.00. The van der Waals surface area contributed by atoms with Gasteiger partial charge in [0, 0.05) is 5.57 Å². The van der Waals surface area contributed by atoms with Gasteiger partial charge < -0.3 is 9.47 Å². The summed E-state index contributed by atoms with van der Waals surface area (Å²) in [5.41, 5.74) is 4.56. The van der Waals surface area contributed by atoms with Gasteiger partial charge in [0.15, 0.2) is 0 Å². The Bertz CT molecular complexity index is 600. The zero-order valence-electron chi connectivity index (χ0n) is 17.4. The Morgan fingerprint density at radius 2 is 1.23 bits per heavy atom. The van der Waals surface area contributed by atoms with E-state index in [4.69, 9.17) is 9.47 Å². The molecular formula is C22H34O4. The third-order valence-electron chi connectivity index (χ3n) is 4.15. The van der Waals surface area contributed by atoms with Crippen molar-refractivity contribution in [3.8, 4) is 0 Å². The van der Waals surface area contributed by atoms with Gasteiger partial charge in [-0.2, -0.15) is 0 Å². The Hall–Kier alpha value is -2.10. The van der Waals surface area contributed by atoms with E-state index in [1.54, 1.807) is 6.92 Å². The number of carbonyl (C=O) groups is 2. The van der Waals surface area contributed by atoms with Crippen LogP contribution in [0.3, 0.4) is 0 Å². The summed E-state index contributed by atoms with van der Waals surface area (Å²) in [7, 11) is 2.61. The van der Waals surface area contributed by atoms with Crippen LogP contribution >= 0.6 is 0 Å². The van der Waals surface area contributed by atoms with Crippen molar-refractivity contribution >= 4 is 11.9 Å². The minimum Gasteiger partial charge on any atom is -0.466 e. The van der Waals surface area contributed by atoms with Gasteiger partial charge in [0.05, 0.1) is 19.8 Å². The van der Waals surface area contributed by atoms with Crippen molar-refractivity contribution in [1.82, 2.24) is 0 Å². The largest absolute Gasteiger partial charge is 0.466 e. The molecule has 0 atom stereocenters. The van der Waals surface area contributed by atoms with Crippen molar-refractivity contribution in [2.75, 3.05) is 14.2 Å². The highest BCUT2D eigenvalue weighted by atomic mass is 16.5. The summed E-state index contributed by atoms with van der Waals surface area (Å²) < 4.78 is 9.47. The molecule has 0 amide bonds. The molecule has 0 bridgehead atoms. The van der Waals surface area contributed by atoms with E-state index in [1.807, 2.05) is 13.0 Å². The first-order valence-corrected chi connectivity index (χ1v) is 9.03. The fourth-order valence-electron chi connectivity index (χ4n) is 2.40. The van der Waals surface area contributed by atoms with Gasteiger partial charge in [-0.25, -0.2) is 9.59 Å². The zero-order chi connectivity index (χ0) is 20.1. The fourth-order valence-corrected chi connectivity index (χ4v) is 2.40. The number of hydrogen-bond donors (Lipinski definition) is 0. The van der Waals surface area contributed by atoms with Crippen molar-refractivity contribution in [3.05, 3.63) is 46.1 Å². The minimum atomic E-state index is -0.508. The van der Waals surface area contributed by atoms with Gasteiger partial charge in [0.1, 0.15) is 0 Å². The van der Waals surface area contributed by atoms with Gasteiger partial charge in [-0.1, -0.05) is 34.9 Å². The van der Waals surface area contributed by atoms with Crippen LogP contribution in [0.25, 0.3) is 0 Å². The molecule has 26 heavy (non-hydrogen) atoms. The van der Waals surface area contributed by atoms with Crippen LogP contribution in [0.2, 0.25) is 0 Å². The fraction of sp³-hybridized carbons (Fsp3) is 0.545. The number of esters is 2. The van der Waals surface area contributed by atoms with Gasteiger partial charge in [0.25, 0.3) is 0 Å². The minimum absolute atomic E-state index is 0.290. The second kappa shape index (κ2) is 13.2. The molecule has 0 spiro atoms. The van der Waals surface area contributed by atoms with Crippen LogP contribution < -0.4 is 0 Å². The third-order valence-corrected chi connectivity index (χ3v) is 4.15. The van der Waals surface area contributed by atoms with Crippen LogP contribution in [-0.2, 0) is 19.1 Å². The molecule has 146 valence electrons. The predicted octanol–water partition coefficient (Wildman–Crippen LogP) is 5.46. The zero-order valence-corrected chi connectivity index (χ0v) is 17.4. The van der Waals surface area contributed by atoms with Crippen LogP contribution in [-0.4, -0.2) is 26.2 Å². The molecule has 0 fully saturated rings. The van der Waals surface area contributed by atoms with E-state index in [2.05, 4.69) is 32.9 Å². The molecule has 0 aliphatic rings. The van der Waals surface area contributed by atoms with Crippen LogP contribution in [0.1, 0.15) is 66.7 Å². The summed E-state index contributed by atoms with van der Waals surface area (Å²) in [6, 6.07) is 0. The Kier molecular flexibility index (Phi) is 12.1. The highest BCUT2D eigenvalue weighted by Crippen LogP contribution is 2.17. The van der Waals surface area contributed by atoms with Crippen molar-refractivity contribution < 1.29 is 19.1 Å².